The highest BCUT2D eigenvalue weighted by molar-refractivity contribution is 7.92. The lowest BCUT2D eigenvalue weighted by molar-refractivity contribution is -0.140. The van der Waals surface area contributed by atoms with Crippen molar-refractivity contribution >= 4 is 27.5 Å². The topological polar surface area (TPSA) is 86.8 Å². The number of carbonyl (C=O) groups is 2. The molecule has 0 aliphatic rings. The maximum Gasteiger partial charge on any atom is 0.244 e. The molecule has 0 unspecified atom stereocenters. The van der Waals surface area contributed by atoms with Gasteiger partial charge in [0.25, 0.3) is 0 Å². The second-order valence-electron chi connectivity index (χ2n) is 8.86. The Morgan fingerprint density at radius 2 is 1.56 bits per heavy atom. The molecule has 2 aromatic rings. The lowest BCUT2D eigenvalue weighted by Gasteiger charge is -2.33. The summed E-state index contributed by atoms with van der Waals surface area (Å²) >= 11 is 0. The minimum Gasteiger partial charge on any atom is -0.354 e. The zero-order valence-electron chi connectivity index (χ0n) is 20.8. The molecule has 2 rings (SSSR count). The normalized spacial score (nSPS) is 12.3. The van der Waals surface area contributed by atoms with Crippen LogP contribution in [0, 0.1) is 5.92 Å². The van der Waals surface area contributed by atoms with Gasteiger partial charge in [-0.3, -0.25) is 13.9 Å². The first-order chi connectivity index (χ1) is 16.1. The van der Waals surface area contributed by atoms with E-state index in [1.165, 1.54) is 4.90 Å². The molecule has 0 spiro atoms. The number of sulfonamides is 1. The number of anilines is 1. The Kier molecular flexibility index (Phi) is 10.1. The van der Waals surface area contributed by atoms with Crippen molar-refractivity contribution in [1.82, 2.24) is 10.2 Å². The molecule has 0 radical (unpaired) electrons. The van der Waals surface area contributed by atoms with Crippen LogP contribution >= 0.6 is 0 Å². The molecule has 7 nitrogen and oxygen atoms in total. The van der Waals surface area contributed by atoms with Gasteiger partial charge in [0.15, 0.2) is 0 Å². The Labute approximate surface area is 204 Å². The summed E-state index contributed by atoms with van der Waals surface area (Å²) in [5.41, 5.74) is 2.36. The van der Waals surface area contributed by atoms with E-state index in [4.69, 9.17) is 0 Å². The number of carbonyl (C=O) groups excluding carboxylic acids is 2. The fraction of sp³-hybridized carbons (Fsp3) is 0.462. The number of benzene rings is 2. The number of rotatable bonds is 12. The summed E-state index contributed by atoms with van der Waals surface area (Å²) in [5.74, 6) is -0.398. The van der Waals surface area contributed by atoms with Crippen molar-refractivity contribution in [2.45, 2.75) is 53.1 Å². The lowest BCUT2D eigenvalue weighted by atomic mass is 10.1. The smallest absolute Gasteiger partial charge is 0.244 e. The molecule has 0 aliphatic carbocycles. The van der Waals surface area contributed by atoms with Crippen LogP contribution in [-0.4, -0.2) is 50.5 Å². The molecule has 34 heavy (non-hydrogen) atoms. The van der Waals surface area contributed by atoms with Crippen LogP contribution in [0.5, 0.6) is 0 Å². The number of hydrogen-bond acceptors (Lipinski definition) is 4. The second kappa shape index (κ2) is 12.6. The van der Waals surface area contributed by atoms with Crippen molar-refractivity contribution in [1.29, 1.82) is 0 Å². The summed E-state index contributed by atoms with van der Waals surface area (Å²) in [7, 11) is -3.73. The van der Waals surface area contributed by atoms with Gasteiger partial charge >= 0.3 is 0 Å². The average Bonchev–Trinajstić information content (AvgIpc) is 2.81. The van der Waals surface area contributed by atoms with Crippen molar-refractivity contribution < 1.29 is 18.0 Å². The van der Waals surface area contributed by atoms with Gasteiger partial charge in [0, 0.05) is 13.1 Å². The largest absolute Gasteiger partial charge is 0.354 e. The van der Waals surface area contributed by atoms with Gasteiger partial charge in [-0.2, -0.15) is 0 Å². The van der Waals surface area contributed by atoms with Crippen molar-refractivity contribution in [2.75, 3.05) is 23.7 Å². The highest BCUT2D eigenvalue weighted by atomic mass is 32.2. The molecular formula is C26H37N3O4S. The predicted octanol–water partition coefficient (Wildman–Crippen LogP) is 3.59. The van der Waals surface area contributed by atoms with Crippen LogP contribution in [0.15, 0.2) is 54.6 Å². The lowest BCUT2D eigenvalue weighted by Crippen LogP contribution is -2.52. The minimum absolute atomic E-state index is 0.208. The molecule has 0 saturated heterocycles. The van der Waals surface area contributed by atoms with Crippen molar-refractivity contribution in [3.63, 3.8) is 0 Å². The van der Waals surface area contributed by atoms with Gasteiger partial charge in [0.05, 0.1) is 11.9 Å². The molecule has 0 aliphatic heterocycles. The first-order valence-corrected chi connectivity index (χ1v) is 13.6. The van der Waals surface area contributed by atoms with Crippen molar-refractivity contribution in [3.05, 3.63) is 65.7 Å². The minimum atomic E-state index is -3.73. The number of aryl methyl sites for hydroxylation is 1. The number of amides is 2. The van der Waals surface area contributed by atoms with Crippen molar-refractivity contribution in [3.8, 4) is 0 Å². The van der Waals surface area contributed by atoms with Crippen LogP contribution in [0.25, 0.3) is 0 Å². The zero-order valence-corrected chi connectivity index (χ0v) is 21.6. The maximum absolute atomic E-state index is 13.6. The maximum atomic E-state index is 13.6. The van der Waals surface area contributed by atoms with Gasteiger partial charge in [-0.15, -0.1) is 0 Å². The average molecular weight is 488 g/mol. The third-order valence-corrected chi connectivity index (χ3v) is 6.72. The molecule has 0 aromatic heterocycles. The molecule has 2 amide bonds. The third kappa shape index (κ3) is 7.87. The highest BCUT2D eigenvalue weighted by Gasteiger charge is 2.31. The van der Waals surface area contributed by atoms with Crippen LogP contribution in [-0.2, 0) is 32.6 Å². The Bertz CT molecular complexity index is 1040. The van der Waals surface area contributed by atoms with Crippen LogP contribution < -0.4 is 9.62 Å². The van der Waals surface area contributed by atoms with E-state index < -0.39 is 22.0 Å². The summed E-state index contributed by atoms with van der Waals surface area (Å²) in [6.07, 6.45) is 2.32. The molecule has 0 bridgehead atoms. The molecule has 1 atom stereocenters. The van der Waals surface area contributed by atoms with Gasteiger partial charge in [0.1, 0.15) is 12.6 Å². The zero-order chi connectivity index (χ0) is 25.3. The van der Waals surface area contributed by atoms with Crippen LogP contribution in [0.3, 0.4) is 0 Å². The van der Waals surface area contributed by atoms with Gasteiger partial charge in [0.2, 0.25) is 21.8 Å². The molecule has 2 aromatic carbocycles. The molecule has 1 N–H and O–H groups in total. The quantitative estimate of drug-likeness (QED) is 0.496. The van der Waals surface area contributed by atoms with Crippen LogP contribution in [0.2, 0.25) is 0 Å². The molecule has 0 fully saturated rings. The van der Waals surface area contributed by atoms with E-state index in [9.17, 15) is 18.0 Å². The third-order valence-electron chi connectivity index (χ3n) is 5.58. The SMILES string of the molecule is CCc1ccc(N(CC(=O)N(Cc2ccccc2)[C@H](CC)C(=O)NCC(C)C)S(C)(=O)=O)cc1. The Morgan fingerprint density at radius 1 is 0.941 bits per heavy atom. The standard InChI is InChI=1S/C26H37N3O4S/c1-6-21-13-15-23(16-14-21)29(34(5,32)33)19-25(30)28(18-22-11-9-8-10-12-22)24(7-2)26(31)27-17-20(3)4/h8-16,20,24H,6-7,17-19H2,1-5H3,(H,27,31)/t24-/m1/s1. The van der Waals surface area contributed by atoms with Crippen molar-refractivity contribution in [2.24, 2.45) is 5.92 Å². The number of nitrogens with one attached hydrogen (secondary N) is 1. The van der Waals surface area contributed by atoms with Gasteiger partial charge in [-0.1, -0.05) is 70.2 Å². The van der Waals surface area contributed by atoms with E-state index in [1.807, 2.05) is 70.2 Å². The van der Waals surface area contributed by atoms with E-state index in [0.29, 0.717) is 18.7 Å². The Balaban J connectivity index is 2.38. The fourth-order valence-electron chi connectivity index (χ4n) is 3.63. The van der Waals surface area contributed by atoms with E-state index in [1.54, 1.807) is 12.1 Å². The van der Waals surface area contributed by atoms with Crippen LogP contribution in [0.1, 0.15) is 45.2 Å². The molecular weight excluding hydrogens is 450 g/mol. The number of nitrogens with zero attached hydrogens (tertiary/aromatic N) is 2. The summed E-state index contributed by atoms with van der Waals surface area (Å²) < 4.78 is 26.4. The Morgan fingerprint density at radius 3 is 2.06 bits per heavy atom. The summed E-state index contributed by atoms with van der Waals surface area (Å²) in [4.78, 5) is 28.1. The molecule has 8 heteroatoms. The molecule has 0 saturated carbocycles. The first-order valence-electron chi connectivity index (χ1n) is 11.7. The summed E-state index contributed by atoms with van der Waals surface area (Å²) in [6, 6.07) is 15.8. The second-order valence-corrected chi connectivity index (χ2v) is 10.8. The first kappa shape index (κ1) is 27.4. The van der Waals surface area contributed by atoms with Gasteiger partial charge < -0.3 is 10.2 Å². The highest BCUT2D eigenvalue weighted by Crippen LogP contribution is 2.20. The van der Waals surface area contributed by atoms with Gasteiger partial charge in [-0.05, 0) is 42.0 Å². The summed E-state index contributed by atoms with van der Waals surface area (Å²) in [6.45, 7) is 8.20. The van der Waals surface area contributed by atoms with Crippen LogP contribution in [0.4, 0.5) is 5.69 Å². The van der Waals surface area contributed by atoms with E-state index in [2.05, 4.69) is 5.32 Å². The van der Waals surface area contributed by atoms with Gasteiger partial charge in [-0.25, -0.2) is 8.42 Å². The predicted molar refractivity (Wildman–Crippen MR) is 137 cm³/mol. The Hall–Kier alpha value is -2.87. The molecule has 0 heterocycles. The summed E-state index contributed by atoms with van der Waals surface area (Å²) in [5, 5.41) is 2.92. The number of hydrogen-bond donors (Lipinski definition) is 1. The van der Waals surface area contributed by atoms with E-state index in [0.717, 1.165) is 28.1 Å². The van der Waals surface area contributed by atoms with E-state index in [-0.39, 0.29) is 24.9 Å². The monoisotopic (exact) mass is 487 g/mol. The van der Waals surface area contributed by atoms with E-state index >= 15 is 0 Å². The fourth-order valence-corrected chi connectivity index (χ4v) is 4.48. The molecule has 186 valence electrons.